The summed E-state index contributed by atoms with van der Waals surface area (Å²) in [5, 5.41) is 11.6. The number of hydrogen-bond donors (Lipinski definition) is 3. The Morgan fingerprint density at radius 3 is 2.57 bits per heavy atom. The van der Waals surface area contributed by atoms with Gasteiger partial charge in [-0.25, -0.2) is 19.6 Å². The molecule has 0 spiro atoms. The molecule has 28 heavy (non-hydrogen) atoms. The fraction of sp³-hybridized carbons (Fsp3) is 0.421. The van der Waals surface area contributed by atoms with Gasteiger partial charge in [0.1, 0.15) is 12.0 Å². The first-order chi connectivity index (χ1) is 13.3. The lowest BCUT2D eigenvalue weighted by molar-refractivity contribution is -0.178. The van der Waals surface area contributed by atoms with Gasteiger partial charge in [0.05, 0.1) is 5.57 Å². The van der Waals surface area contributed by atoms with E-state index in [1.165, 1.54) is 10.8 Å². The maximum absolute atomic E-state index is 13.0. The van der Waals surface area contributed by atoms with Crippen molar-refractivity contribution >= 4 is 25.5 Å². The van der Waals surface area contributed by atoms with E-state index in [-0.39, 0.29) is 43.4 Å². The van der Waals surface area contributed by atoms with Crippen LogP contribution in [0.15, 0.2) is 41.7 Å². The van der Waals surface area contributed by atoms with E-state index in [1.54, 1.807) is 0 Å². The Labute approximate surface area is 163 Å². The summed E-state index contributed by atoms with van der Waals surface area (Å²) in [6.45, 7) is 0.286. The van der Waals surface area contributed by atoms with Gasteiger partial charge in [0, 0.05) is 19.4 Å². The minimum atomic E-state index is -3.53. The van der Waals surface area contributed by atoms with Crippen molar-refractivity contribution in [3.8, 4) is 0 Å². The fourth-order valence-electron chi connectivity index (χ4n) is 3.55. The van der Waals surface area contributed by atoms with E-state index >= 15 is 0 Å². The monoisotopic (exact) mass is 407 g/mol. The second-order valence-corrected chi connectivity index (χ2v) is 9.34. The third-order valence-electron chi connectivity index (χ3n) is 5.00. The second-order valence-electron chi connectivity index (χ2n) is 7.06. The van der Waals surface area contributed by atoms with Gasteiger partial charge >= 0.3 is 5.97 Å². The van der Waals surface area contributed by atoms with Crippen LogP contribution in [-0.2, 0) is 20.8 Å². The third kappa shape index (κ3) is 4.58. The van der Waals surface area contributed by atoms with Crippen LogP contribution < -0.4 is 0 Å². The predicted octanol–water partition coefficient (Wildman–Crippen LogP) is 1.56. The number of fused-ring (bicyclic) bond motifs is 1. The highest BCUT2D eigenvalue weighted by Gasteiger charge is 2.44. The topological polar surface area (TPSA) is 118 Å². The molecule has 3 rings (SSSR count). The van der Waals surface area contributed by atoms with E-state index in [0.717, 1.165) is 10.6 Å². The summed E-state index contributed by atoms with van der Waals surface area (Å²) in [6, 6.07) is 8.23. The molecule has 1 aromatic rings. The molecule has 150 valence electrons. The summed E-state index contributed by atoms with van der Waals surface area (Å²) in [5.41, 5.74) is 1.04. The average Bonchev–Trinajstić information content (AvgIpc) is 2.79. The van der Waals surface area contributed by atoms with Gasteiger partial charge in [0.15, 0.2) is 6.04 Å². The zero-order valence-corrected chi connectivity index (χ0v) is 16.3. The van der Waals surface area contributed by atoms with Crippen molar-refractivity contribution in [2.45, 2.75) is 38.1 Å². The molecular weight excluding hydrogens is 383 g/mol. The molecule has 0 unspecified atom stereocenters. The molecule has 0 bridgehead atoms. The van der Waals surface area contributed by atoms with Crippen molar-refractivity contribution in [3.05, 3.63) is 47.3 Å². The lowest BCUT2D eigenvalue weighted by Crippen LogP contribution is -2.59. The van der Waals surface area contributed by atoms with E-state index in [2.05, 4.69) is 0 Å². The van der Waals surface area contributed by atoms with Gasteiger partial charge in [-0.15, -0.1) is 0 Å². The van der Waals surface area contributed by atoms with Crippen LogP contribution in [0, 0.1) is 0 Å². The lowest BCUT2D eigenvalue weighted by atomic mass is 10.1. The van der Waals surface area contributed by atoms with Crippen LogP contribution in [0.4, 0.5) is 0 Å². The van der Waals surface area contributed by atoms with Crippen LogP contribution in [0.1, 0.15) is 31.2 Å². The summed E-state index contributed by atoms with van der Waals surface area (Å²) in [6.07, 6.45) is 1.36. The maximum atomic E-state index is 13.0. The van der Waals surface area contributed by atoms with Gasteiger partial charge in [0.25, 0.3) is 13.6 Å². The number of rotatable bonds is 5. The predicted molar refractivity (Wildman–Crippen MR) is 103 cm³/mol. The quantitative estimate of drug-likeness (QED) is 0.504. The number of benzene rings is 1. The smallest absolute Gasteiger partial charge is 0.328 e. The minimum Gasteiger partial charge on any atom is -0.480 e. The Bertz CT molecular complexity index is 795. The van der Waals surface area contributed by atoms with Gasteiger partial charge in [-0.1, -0.05) is 30.3 Å². The fourth-order valence-corrected chi connectivity index (χ4v) is 5.01. The molecule has 0 aromatic heterocycles. The van der Waals surface area contributed by atoms with Crippen molar-refractivity contribution in [2.24, 2.45) is 0 Å². The highest BCUT2D eigenvalue weighted by Crippen LogP contribution is 2.53. The number of carboxylic acid groups (broad SMARTS) is 1. The van der Waals surface area contributed by atoms with Gasteiger partial charge in [0.2, 0.25) is 5.91 Å². The van der Waals surface area contributed by atoms with Crippen molar-refractivity contribution in [2.75, 3.05) is 12.7 Å². The summed E-state index contributed by atoms with van der Waals surface area (Å²) >= 11 is 0. The largest absolute Gasteiger partial charge is 0.480 e. The highest BCUT2D eigenvalue weighted by atomic mass is 31.2. The lowest BCUT2D eigenvalue weighted by Gasteiger charge is -2.41. The first-order valence-electron chi connectivity index (χ1n) is 9.24. The number of aryl methyl sites for hydroxylation is 1. The molecule has 2 saturated heterocycles. The van der Waals surface area contributed by atoms with Crippen LogP contribution in [0.3, 0.4) is 0 Å². The SMILES string of the molecule is O=C(O)[C@@H]1CCCN2C(=O)CCC(=C[P+](O)(O)CCc3ccccc3)C(=O)N12. The number of carbonyl (C=O) groups is 3. The summed E-state index contributed by atoms with van der Waals surface area (Å²) in [5.74, 6) is -0.968. The van der Waals surface area contributed by atoms with E-state index in [1.807, 2.05) is 30.3 Å². The number of carbonyl (C=O) groups excluding carboxylic acids is 2. The molecule has 8 nitrogen and oxygen atoms in total. The average molecular weight is 407 g/mol. The molecular formula is C19H24N2O6P+. The van der Waals surface area contributed by atoms with Gasteiger partial charge in [-0.05, 0) is 24.8 Å². The normalized spacial score (nSPS) is 22.2. The van der Waals surface area contributed by atoms with Crippen molar-refractivity contribution in [3.63, 3.8) is 0 Å². The number of carboxylic acids is 1. The molecule has 2 aliphatic rings. The molecule has 2 fully saturated rings. The van der Waals surface area contributed by atoms with Crippen molar-refractivity contribution in [1.29, 1.82) is 0 Å². The molecule has 2 aliphatic heterocycles. The number of amides is 2. The summed E-state index contributed by atoms with van der Waals surface area (Å²) in [4.78, 5) is 57.9. The van der Waals surface area contributed by atoms with E-state index < -0.39 is 25.6 Å². The Balaban J connectivity index is 1.82. The maximum Gasteiger partial charge on any atom is 0.328 e. The first kappa shape index (κ1) is 20.5. The molecule has 1 atom stereocenters. The minimum absolute atomic E-state index is 0.0269. The third-order valence-corrected chi connectivity index (χ3v) is 6.61. The Morgan fingerprint density at radius 2 is 1.89 bits per heavy atom. The van der Waals surface area contributed by atoms with Crippen LogP contribution in [0.5, 0.6) is 0 Å². The van der Waals surface area contributed by atoms with E-state index in [0.29, 0.717) is 12.8 Å². The molecule has 1 aromatic carbocycles. The molecule has 0 aliphatic carbocycles. The Kier molecular flexibility index (Phi) is 6.13. The van der Waals surface area contributed by atoms with Gasteiger partial charge in [-0.2, -0.15) is 0 Å². The van der Waals surface area contributed by atoms with Gasteiger partial charge < -0.3 is 5.11 Å². The van der Waals surface area contributed by atoms with Gasteiger partial charge in [-0.3, -0.25) is 14.6 Å². The molecule has 2 amide bonds. The summed E-state index contributed by atoms with van der Waals surface area (Å²) < 4.78 is 0. The molecule has 3 N–H and O–H groups in total. The molecule has 2 heterocycles. The zero-order chi connectivity index (χ0) is 20.3. The molecule has 0 radical (unpaired) electrons. The Morgan fingerprint density at radius 1 is 1.18 bits per heavy atom. The number of nitrogens with zero attached hydrogens (tertiary/aromatic N) is 2. The van der Waals surface area contributed by atoms with E-state index in [9.17, 15) is 29.3 Å². The number of hydrogen-bond acceptors (Lipinski definition) is 5. The first-order valence-corrected chi connectivity index (χ1v) is 11.2. The Hall–Kier alpha value is -2.28. The standard InChI is InChI=1S/C19H23N2O6P/c22-17-9-8-15(13-28(26,27)12-10-14-5-2-1-3-6-14)18(23)21-16(19(24)25)7-4-11-20(17)21/h1-3,5-6,13,16,26-27H,4,7-12H2/p+1/t16-/m0/s1. The van der Waals surface area contributed by atoms with Crippen LogP contribution in [0.25, 0.3) is 0 Å². The zero-order valence-electron chi connectivity index (χ0n) is 15.4. The van der Waals surface area contributed by atoms with Crippen LogP contribution in [-0.4, -0.2) is 61.4 Å². The number of hydrazine groups is 1. The second kappa shape index (κ2) is 8.39. The van der Waals surface area contributed by atoms with Crippen LogP contribution in [0.2, 0.25) is 0 Å². The highest BCUT2D eigenvalue weighted by molar-refractivity contribution is 7.67. The molecule has 0 saturated carbocycles. The number of aliphatic carboxylic acids is 1. The van der Waals surface area contributed by atoms with E-state index in [4.69, 9.17) is 0 Å². The van der Waals surface area contributed by atoms with Crippen molar-refractivity contribution < 1.29 is 29.3 Å². The molecule has 9 heteroatoms. The van der Waals surface area contributed by atoms with Crippen LogP contribution >= 0.6 is 7.72 Å². The summed E-state index contributed by atoms with van der Waals surface area (Å²) in [7, 11) is -3.53. The van der Waals surface area contributed by atoms with Crippen molar-refractivity contribution in [1.82, 2.24) is 10.0 Å².